The van der Waals surface area contributed by atoms with E-state index < -0.39 is 5.82 Å². The monoisotopic (exact) mass is 247 g/mol. The fraction of sp³-hybridized carbons (Fsp3) is 0.214. The molecule has 1 aliphatic heterocycles. The van der Waals surface area contributed by atoms with Gasteiger partial charge in [-0.3, -0.25) is 4.98 Å². The van der Waals surface area contributed by atoms with Crippen LogP contribution in [0.3, 0.4) is 0 Å². The third-order valence-corrected chi connectivity index (χ3v) is 2.91. The Morgan fingerprint density at radius 2 is 2.28 bits per heavy atom. The number of hydrogen-bond donors (Lipinski definition) is 1. The van der Waals surface area contributed by atoms with Gasteiger partial charge in [-0.05, 0) is 11.6 Å². The molecule has 2 rings (SSSR count). The van der Waals surface area contributed by atoms with Gasteiger partial charge < -0.3 is 9.84 Å². The Hall–Kier alpha value is -1.94. The van der Waals surface area contributed by atoms with Crippen LogP contribution in [0.15, 0.2) is 48.9 Å². The zero-order chi connectivity index (χ0) is 13.1. The zero-order valence-electron chi connectivity index (χ0n) is 9.90. The zero-order valence-corrected chi connectivity index (χ0v) is 9.90. The van der Waals surface area contributed by atoms with Crippen molar-refractivity contribution >= 4 is 0 Å². The van der Waals surface area contributed by atoms with Gasteiger partial charge in [0.15, 0.2) is 5.75 Å². The minimum atomic E-state index is -0.459. The number of nitrogens with zero attached hydrogens (tertiary/aromatic N) is 1. The normalized spacial score (nSPS) is 18.7. The molecular formula is C14H14FNO2. The van der Waals surface area contributed by atoms with Crippen LogP contribution in [-0.2, 0) is 6.42 Å². The van der Waals surface area contributed by atoms with Crippen molar-refractivity contribution in [3.05, 3.63) is 60.4 Å². The molecule has 0 saturated carbocycles. The predicted octanol–water partition coefficient (Wildman–Crippen LogP) is 2.39. The van der Waals surface area contributed by atoms with Gasteiger partial charge in [-0.2, -0.15) is 0 Å². The molecule has 4 heteroatoms. The summed E-state index contributed by atoms with van der Waals surface area (Å²) in [6.45, 7) is 7.32. The average Bonchev–Trinajstić information content (AvgIpc) is 2.53. The molecule has 0 amide bonds. The number of halogens is 1. The molecule has 0 spiro atoms. The van der Waals surface area contributed by atoms with Gasteiger partial charge in [-0.15, -0.1) is 0 Å². The van der Waals surface area contributed by atoms with Crippen molar-refractivity contribution in [1.29, 1.82) is 0 Å². The Bertz CT molecular complexity index is 523. The topological polar surface area (TPSA) is 42.4 Å². The minimum absolute atomic E-state index is 0.0550. The van der Waals surface area contributed by atoms with Gasteiger partial charge in [0, 0.05) is 18.4 Å². The van der Waals surface area contributed by atoms with Crippen molar-refractivity contribution in [2.24, 2.45) is 5.92 Å². The summed E-state index contributed by atoms with van der Waals surface area (Å²) in [5, 5.41) is 9.44. The Labute approximate surface area is 105 Å². The van der Waals surface area contributed by atoms with Crippen molar-refractivity contribution in [3.8, 4) is 5.75 Å². The van der Waals surface area contributed by atoms with E-state index in [1.807, 2.05) is 0 Å². The maximum Gasteiger partial charge on any atom is 0.151 e. The summed E-state index contributed by atoms with van der Waals surface area (Å²) in [7, 11) is 0. The molecule has 0 aliphatic carbocycles. The molecule has 18 heavy (non-hydrogen) atoms. The Kier molecular flexibility index (Phi) is 3.58. The van der Waals surface area contributed by atoms with Crippen molar-refractivity contribution in [2.75, 3.05) is 6.61 Å². The molecule has 1 aromatic heterocycles. The fourth-order valence-electron chi connectivity index (χ4n) is 2.00. The van der Waals surface area contributed by atoms with Gasteiger partial charge in [-0.1, -0.05) is 19.2 Å². The maximum atomic E-state index is 13.2. The second-order valence-electron chi connectivity index (χ2n) is 4.01. The Balaban J connectivity index is 2.53. The molecular weight excluding hydrogens is 233 g/mol. The Morgan fingerprint density at radius 3 is 2.89 bits per heavy atom. The van der Waals surface area contributed by atoms with E-state index in [1.54, 1.807) is 6.08 Å². The van der Waals surface area contributed by atoms with E-state index in [1.165, 1.54) is 12.1 Å². The first-order valence-corrected chi connectivity index (χ1v) is 5.61. The molecule has 0 fully saturated rings. The number of rotatable bonds is 3. The summed E-state index contributed by atoms with van der Waals surface area (Å²) >= 11 is 0. The first kappa shape index (κ1) is 12.5. The van der Waals surface area contributed by atoms with Crippen LogP contribution in [0.25, 0.3) is 0 Å². The van der Waals surface area contributed by atoms with Gasteiger partial charge in [0.1, 0.15) is 11.6 Å². The highest BCUT2D eigenvalue weighted by Gasteiger charge is 2.24. The van der Waals surface area contributed by atoms with Crippen LogP contribution in [-0.4, -0.2) is 16.7 Å². The predicted molar refractivity (Wildman–Crippen MR) is 66.5 cm³/mol. The van der Waals surface area contributed by atoms with Gasteiger partial charge in [0.2, 0.25) is 0 Å². The Morgan fingerprint density at radius 1 is 1.50 bits per heavy atom. The quantitative estimate of drug-likeness (QED) is 0.891. The molecule has 1 unspecified atom stereocenters. The lowest BCUT2D eigenvalue weighted by atomic mass is 9.94. The lowest BCUT2D eigenvalue weighted by Gasteiger charge is -2.13. The fourth-order valence-corrected chi connectivity index (χ4v) is 2.00. The largest absolute Gasteiger partial charge is 0.455 e. The summed E-state index contributed by atoms with van der Waals surface area (Å²) in [4.78, 5) is 4.01. The second kappa shape index (κ2) is 5.14. The van der Waals surface area contributed by atoms with Gasteiger partial charge >= 0.3 is 0 Å². The number of pyridine rings is 1. The van der Waals surface area contributed by atoms with Crippen molar-refractivity contribution in [3.63, 3.8) is 0 Å². The molecule has 2 heterocycles. The van der Waals surface area contributed by atoms with E-state index in [-0.39, 0.29) is 12.5 Å². The van der Waals surface area contributed by atoms with Crippen LogP contribution in [0.5, 0.6) is 5.75 Å². The second-order valence-corrected chi connectivity index (χ2v) is 4.01. The summed E-state index contributed by atoms with van der Waals surface area (Å²) < 4.78 is 18.8. The molecule has 0 radical (unpaired) electrons. The summed E-state index contributed by atoms with van der Waals surface area (Å²) in [5.74, 6) is 0.213. The molecule has 0 bridgehead atoms. The van der Waals surface area contributed by atoms with Gasteiger partial charge in [0.05, 0.1) is 18.5 Å². The number of aromatic nitrogens is 1. The summed E-state index contributed by atoms with van der Waals surface area (Å²) in [6.07, 6.45) is 4.77. The first-order chi connectivity index (χ1) is 8.69. The highest BCUT2D eigenvalue weighted by molar-refractivity contribution is 5.40. The number of fused-ring (bicyclic) bond motifs is 1. The third kappa shape index (κ3) is 2.19. The van der Waals surface area contributed by atoms with E-state index in [9.17, 15) is 9.50 Å². The minimum Gasteiger partial charge on any atom is -0.455 e. The van der Waals surface area contributed by atoms with Crippen LogP contribution < -0.4 is 4.74 Å². The summed E-state index contributed by atoms with van der Waals surface area (Å²) in [6, 6.07) is 1.28. The molecule has 1 aromatic rings. The van der Waals surface area contributed by atoms with E-state index in [2.05, 4.69) is 18.1 Å². The molecule has 1 aliphatic rings. The third-order valence-electron chi connectivity index (χ3n) is 2.91. The van der Waals surface area contributed by atoms with Crippen LogP contribution in [0.2, 0.25) is 0 Å². The average molecular weight is 247 g/mol. The van der Waals surface area contributed by atoms with Crippen molar-refractivity contribution in [2.45, 2.75) is 6.42 Å². The highest BCUT2D eigenvalue weighted by atomic mass is 19.1. The molecule has 1 N–H and O–H groups in total. The lowest BCUT2D eigenvalue weighted by molar-refractivity contribution is 0.246. The van der Waals surface area contributed by atoms with Crippen molar-refractivity contribution in [1.82, 2.24) is 4.98 Å². The smallest absolute Gasteiger partial charge is 0.151 e. The van der Waals surface area contributed by atoms with E-state index in [0.29, 0.717) is 23.6 Å². The number of aliphatic hydroxyl groups excluding tert-OH is 1. The van der Waals surface area contributed by atoms with E-state index in [0.717, 1.165) is 11.8 Å². The van der Waals surface area contributed by atoms with Gasteiger partial charge in [0.25, 0.3) is 0 Å². The van der Waals surface area contributed by atoms with Crippen LogP contribution in [0.1, 0.15) is 5.69 Å². The number of allylic oxidation sites excluding steroid dienone is 2. The highest BCUT2D eigenvalue weighted by Crippen LogP contribution is 2.32. The van der Waals surface area contributed by atoms with Crippen LogP contribution in [0, 0.1) is 11.7 Å². The molecule has 3 nitrogen and oxygen atoms in total. The molecule has 0 aromatic carbocycles. The molecule has 0 saturated heterocycles. The van der Waals surface area contributed by atoms with E-state index >= 15 is 0 Å². The van der Waals surface area contributed by atoms with Crippen molar-refractivity contribution < 1.29 is 14.2 Å². The van der Waals surface area contributed by atoms with E-state index in [4.69, 9.17) is 4.74 Å². The van der Waals surface area contributed by atoms with Crippen LogP contribution >= 0.6 is 0 Å². The van der Waals surface area contributed by atoms with Crippen LogP contribution in [0.4, 0.5) is 4.39 Å². The number of aliphatic hydroxyl groups is 1. The standard InChI is InChI=1S/C14H14FNO2/c1-3-11-9(8-17)5-12-14(18-13(11)4-2)6-10(15)7-16-12/h3-4,6-7,9,17H,1-2,5,8H2. The van der Waals surface area contributed by atoms with Gasteiger partial charge in [-0.25, -0.2) is 4.39 Å². The molecule has 1 atom stereocenters. The summed E-state index contributed by atoms with van der Waals surface area (Å²) in [5.41, 5.74) is 1.37. The molecule has 94 valence electrons. The lowest BCUT2D eigenvalue weighted by Crippen LogP contribution is -2.12. The SMILES string of the molecule is C=CC1=C(C=C)C(CO)Cc2ncc(F)cc2O1. The maximum absolute atomic E-state index is 13.2. The number of ether oxygens (including phenoxy) is 1. The number of hydrogen-bond acceptors (Lipinski definition) is 3. The first-order valence-electron chi connectivity index (χ1n) is 5.61.